The van der Waals surface area contributed by atoms with Crippen LogP contribution in [0.1, 0.15) is 23.2 Å². The quantitative estimate of drug-likeness (QED) is 0.799. The molecule has 2 aliphatic rings. The van der Waals surface area contributed by atoms with Gasteiger partial charge in [0.2, 0.25) is 0 Å². The molecule has 2 aliphatic heterocycles. The summed E-state index contributed by atoms with van der Waals surface area (Å²) in [7, 11) is 0. The van der Waals surface area contributed by atoms with Crippen LogP contribution in [-0.2, 0) is 9.47 Å². The molecule has 0 aliphatic carbocycles. The molecule has 1 aromatic carbocycles. The van der Waals surface area contributed by atoms with E-state index in [1.54, 1.807) is 11.0 Å². The molecule has 4 nitrogen and oxygen atoms in total. The van der Waals surface area contributed by atoms with Crippen molar-refractivity contribution in [2.75, 3.05) is 26.3 Å². The normalized spacial score (nSPS) is 21.4. The van der Waals surface area contributed by atoms with Gasteiger partial charge in [0.1, 0.15) is 0 Å². The first-order valence-electron chi connectivity index (χ1n) is 6.62. The molecule has 0 N–H and O–H groups in total. The number of hydrogen-bond acceptors (Lipinski definition) is 3. The fourth-order valence-electron chi connectivity index (χ4n) is 2.68. The molecule has 20 heavy (non-hydrogen) atoms. The summed E-state index contributed by atoms with van der Waals surface area (Å²) in [5.41, 5.74) is 0.0155. The highest BCUT2D eigenvalue weighted by molar-refractivity contribution is 6.31. The third-order valence-corrected chi connectivity index (χ3v) is 4.10. The second kappa shape index (κ2) is 5.31. The van der Waals surface area contributed by atoms with Crippen molar-refractivity contribution in [3.8, 4) is 0 Å². The summed E-state index contributed by atoms with van der Waals surface area (Å²) in [6, 6.07) is 4.46. The van der Waals surface area contributed by atoms with Crippen molar-refractivity contribution in [3.05, 3.63) is 34.6 Å². The summed E-state index contributed by atoms with van der Waals surface area (Å²) >= 11 is 5.71. The molecule has 3 rings (SSSR count). The minimum atomic E-state index is -0.659. The summed E-state index contributed by atoms with van der Waals surface area (Å²) < 4.78 is 25.1. The third-order valence-electron chi connectivity index (χ3n) is 3.81. The smallest absolute Gasteiger partial charge is 0.256 e. The fourth-order valence-corrected chi connectivity index (χ4v) is 2.85. The predicted molar refractivity (Wildman–Crippen MR) is 71.2 cm³/mol. The lowest BCUT2D eigenvalue weighted by atomic mass is 10.0. The van der Waals surface area contributed by atoms with Gasteiger partial charge < -0.3 is 14.4 Å². The minimum Gasteiger partial charge on any atom is -0.347 e. The second-order valence-corrected chi connectivity index (χ2v) is 5.41. The summed E-state index contributed by atoms with van der Waals surface area (Å²) in [6.45, 7) is 2.17. The summed E-state index contributed by atoms with van der Waals surface area (Å²) in [5, 5.41) is -0.0354. The van der Waals surface area contributed by atoms with Crippen molar-refractivity contribution in [3.63, 3.8) is 0 Å². The van der Waals surface area contributed by atoms with Crippen LogP contribution in [0.25, 0.3) is 0 Å². The Morgan fingerprint density at radius 2 is 1.90 bits per heavy atom. The van der Waals surface area contributed by atoms with Crippen LogP contribution in [-0.4, -0.2) is 42.9 Å². The Balaban J connectivity index is 1.71. The summed E-state index contributed by atoms with van der Waals surface area (Å²) in [4.78, 5) is 13.9. The molecule has 2 saturated heterocycles. The zero-order valence-corrected chi connectivity index (χ0v) is 11.7. The highest BCUT2D eigenvalue weighted by Crippen LogP contribution is 2.32. The Morgan fingerprint density at radius 3 is 2.55 bits per heavy atom. The van der Waals surface area contributed by atoms with E-state index in [-0.39, 0.29) is 16.5 Å². The van der Waals surface area contributed by atoms with Crippen LogP contribution in [0.2, 0.25) is 5.02 Å². The number of nitrogens with zero attached hydrogens (tertiary/aromatic N) is 1. The van der Waals surface area contributed by atoms with Crippen LogP contribution < -0.4 is 0 Å². The van der Waals surface area contributed by atoms with Crippen molar-refractivity contribution in [2.45, 2.75) is 18.6 Å². The van der Waals surface area contributed by atoms with Crippen LogP contribution >= 0.6 is 11.6 Å². The van der Waals surface area contributed by atoms with Crippen LogP contribution in [0.5, 0.6) is 0 Å². The molecule has 0 radical (unpaired) electrons. The highest BCUT2D eigenvalue weighted by atomic mass is 35.5. The number of likely N-dealkylation sites (tertiary alicyclic amines) is 1. The number of benzene rings is 1. The molecule has 0 unspecified atom stereocenters. The molecule has 6 heteroatoms. The lowest BCUT2D eigenvalue weighted by Gasteiger charge is -2.37. The van der Waals surface area contributed by atoms with Crippen molar-refractivity contribution < 1.29 is 18.7 Å². The van der Waals surface area contributed by atoms with Crippen LogP contribution in [0.3, 0.4) is 0 Å². The lowest BCUT2D eigenvalue weighted by Crippen LogP contribution is -2.47. The van der Waals surface area contributed by atoms with Gasteiger partial charge in [0.05, 0.1) is 23.8 Å². The molecule has 1 spiro atoms. The minimum absolute atomic E-state index is 0.0155. The largest absolute Gasteiger partial charge is 0.347 e. The van der Waals surface area contributed by atoms with Gasteiger partial charge in [-0.05, 0) is 12.1 Å². The average Bonchev–Trinajstić information content (AvgIpc) is 2.90. The Labute approximate surface area is 121 Å². The Bertz CT molecular complexity index is 521. The fraction of sp³-hybridized carbons (Fsp3) is 0.500. The standard InChI is InChI=1S/C14H15ClFNO3/c15-11-3-1-2-10(12(11)16)13(18)17-6-4-14(5-7-17)19-8-9-20-14/h1-3H,4-9H2. The first-order chi connectivity index (χ1) is 9.61. The Hall–Kier alpha value is -1.17. The molecule has 1 aromatic rings. The van der Waals surface area contributed by atoms with Crippen molar-refractivity contribution in [1.82, 2.24) is 4.90 Å². The van der Waals surface area contributed by atoms with Gasteiger partial charge in [-0.3, -0.25) is 4.79 Å². The molecule has 0 bridgehead atoms. The first-order valence-corrected chi connectivity index (χ1v) is 7.00. The maximum atomic E-state index is 13.9. The molecule has 1 amide bonds. The van der Waals surface area contributed by atoms with E-state index in [0.717, 1.165) is 0 Å². The van der Waals surface area contributed by atoms with E-state index in [4.69, 9.17) is 21.1 Å². The van der Waals surface area contributed by atoms with E-state index in [9.17, 15) is 9.18 Å². The van der Waals surface area contributed by atoms with Gasteiger partial charge in [-0.15, -0.1) is 0 Å². The number of halogens is 2. The number of rotatable bonds is 1. The van der Waals surface area contributed by atoms with Crippen LogP contribution in [0.4, 0.5) is 4.39 Å². The van der Waals surface area contributed by atoms with E-state index < -0.39 is 11.6 Å². The number of carbonyl (C=O) groups excluding carboxylic acids is 1. The van der Waals surface area contributed by atoms with E-state index in [0.29, 0.717) is 39.1 Å². The highest BCUT2D eigenvalue weighted by Gasteiger charge is 2.41. The molecular weight excluding hydrogens is 285 g/mol. The van der Waals surface area contributed by atoms with Crippen LogP contribution in [0.15, 0.2) is 18.2 Å². The third kappa shape index (κ3) is 2.41. The zero-order chi connectivity index (χ0) is 14.2. The maximum absolute atomic E-state index is 13.9. The number of hydrogen-bond donors (Lipinski definition) is 0. The van der Waals surface area contributed by atoms with E-state index >= 15 is 0 Å². The topological polar surface area (TPSA) is 38.8 Å². The molecule has 2 heterocycles. The summed E-state index contributed by atoms with van der Waals surface area (Å²) in [6.07, 6.45) is 1.22. The van der Waals surface area contributed by atoms with Gasteiger partial charge >= 0.3 is 0 Å². The van der Waals surface area contributed by atoms with Crippen molar-refractivity contribution >= 4 is 17.5 Å². The van der Waals surface area contributed by atoms with E-state index in [2.05, 4.69) is 0 Å². The Kier molecular flexibility index (Phi) is 3.67. The predicted octanol–water partition coefficient (Wildman–Crippen LogP) is 2.46. The number of amides is 1. The number of ether oxygens (including phenoxy) is 2. The van der Waals surface area contributed by atoms with Crippen molar-refractivity contribution in [1.29, 1.82) is 0 Å². The maximum Gasteiger partial charge on any atom is 0.256 e. The summed E-state index contributed by atoms with van der Waals surface area (Å²) in [5.74, 6) is -1.53. The molecule has 0 saturated carbocycles. The van der Waals surface area contributed by atoms with E-state index in [1.807, 2.05) is 0 Å². The van der Waals surface area contributed by atoms with Gasteiger partial charge in [0.25, 0.3) is 5.91 Å². The van der Waals surface area contributed by atoms with Gasteiger partial charge in [-0.2, -0.15) is 0 Å². The molecule has 0 atom stereocenters. The Morgan fingerprint density at radius 1 is 1.25 bits per heavy atom. The van der Waals surface area contributed by atoms with Gasteiger partial charge in [-0.25, -0.2) is 4.39 Å². The van der Waals surface area contributed by atoms with Crippen molar-refractivity contribution in [2.24, 2.45) is 0 Å². The van der Waals surface area contributed by atoms with Gasteiger partial charge in [0.15, 0.2) is 11.6 Å². The molecule has 2 fully saturated rings. The van der Waals surface area contributed by atoms with Gasteiger partial charge in [0, 0.05) is 25.9 Å². The molecular formula is C14H15ClFNO3. The number of carbonyl (C=O) groups is 1. The van der Waals surface area contributed by atoms with Gasteiger partial charge in [-0.1, -0.05) is 17.7 Å². The second-order valence-electron chi connectivity index (χ2n) is 5.00. The molecule has 108 valence electrons. The zero-order valence-electron chi connectivity index (χ0n) is 10.9. The van der Waals surface area contributed by atoms with Crippen LogP contribution in [0, 0.1) is 5.82 Å². The van der Waals surface area contributed by atoms with E-state index in [1.165, 1.54) is 12.1 Å². The number of piperidine rings is 1. The lowest BCUT2D eigenvalue weighted by molar-refractivity contribution is -0.181. The monoisotopic (exact) mass is 299 g/mol. The average molecular weight is 300 g/mol. The first kappa shape index (κ1) is 13.8. The SMILES string of the molecule is O=C(c1cccc(Cl)c1F)N1CCC2(CC1)OCCO2. The molecule has 0 aromatic heterocycles.